The second-order valence-corrected chi connectivity index (χ2v) is 6.89. The molecular weight excluding hydrogens is 302 g/mol. The highest BCUT2D eigenvalue weighted by Crippen LogP contribution is 2.29. The Labute approximate surface area is 131 Å². The van der Waals surface area contributed by atoms with Crippen LogP contribution in [-0.2, 0) is 6.54 Å². The number of fused-ring (bicyclic) bond motifs is 1. The Balaban J connectivity index is 1.89. The van der Waals surface area contributed by atoms with Gasteiger partial charge in [-0.2, -0.15) is 4.98 Å². The van der Waals surface area contributed by atoms with Crippen molar-refractivity contribution in [3.05, 3.63) is 27.5 Å². The van der Waals surface area contributed by atoms with E-state index in [0.29, 0.717) is 12.5 Å². The predicted molar refractivity (Wildman–Crippen MR) is 90.4 cm³/mol. The molecule has 0 radical (unpaired) electrons. The third-order valence-electron chi connectivity index (χ3n) is 2.94. The van der Waals surface area contributed by atoms with Crippen molar-refractivity contribution in [2.45, 2.75) is 26.8 Å². The summed E-state index contributed by atoms with van der Waals surface area (Å²) < 4.78 is 0. The molecule has 2 N–H and O–H groups in total. The third kappa shape index (κ3) is 3.30. The van der Waals surface area contributed by atoms with Gasteiger partial charge in [-0.1, -0.05) is 6.92 Å². The van der Waals surface area contributed by atoms with Gasteiger partial charge in [0.1, 0.15) is 15.7 Å². The lowest BCUT2D eigenvalue weighted by Gasteiger charge is -2.08. The van der Waals surface area contributed by atoms with Crippen LogP contribution < -0.4 is 10.6 Å². The first-order chi connectivity index (χ1) is 10.3. The van der Waals surface area contributed by atoms with Gasteiger partial charge >= 0.3 is 0 Å². The Hall–Kier alpha value is -1.73. The van der Waals surface area contributed by atoms with E-state index < -0.39 is 0 Å². The molecule has 0 aliphatic rings. The van der Waals surface area contributed by atoms with E-state index in [1.807, 2.05) is 11.6 Å². The molecule has 0 amide bonds. The number of hydrogen-bond acceptors (Lipinski definition) is 7. The van der Waals surface area contributed by atoms with Gasteiger partial charge in [-0.25, -0.2) is 9.97 Å². The van der Waals surface area contributed by atoms with Crippen molar-refractivity contribution in [1.82, 2.24) is 15.0 Å². The molecule has 0 saturated carbocycles. The van der Waals surface area contributed by atoms with Gasteiger partial charge in [0, 0.05) is 23.0 Å². The molecule has 0 unspecified atom stereocenters. The number of rotatable bonds is 6. The van der Waals surface area contributed by atoms with Crippen LogP contribution in [0.3, 0.4) is 0 Å². The van der Waals surface area contributed by atoms with Gasteiger partial charge in [0.25, 0.3) is 0 Å². The van der Waals surface area contributed by atoms with Crippen LogP contribution in [0.25, 0.3) is 10.2 Å². The third-order valence-corrected chi connectivity index (χ3v) is 4.66. The second-order valence-electron chi connectivity index (χ2n) is 4.68. The van der Waals surface area contributed by atoms with Gasteiger partial charge in [0.15, 0.2) is 0 Å². The van der Waals surface area contributed by atoms with E-state index in [0.717, 1.165) is 34.0 Å². The molecule has 7 heteroatoms. The largest absolute Gasteiger partial charge is 0.363 e. The van der Waals surface area contributed by atoms with Crippen molar-refractivity contribution < 1.29 is 0 Å². The molecule has 3 heterocycles. The average molecular weight is 319 g/mol. The normalized spacial score (nSPS) is 11.0. The first-order valence-corrected chi connectivity index (χ1v) is 8.60. The summed E-state index contributed by atoms with van der Waals surface area (Å²) >= 11 is 3.33. The predicted octanol–water partition coefficient (Wildman–Crippen LogP) is 3.89. The fourth-order valence-corrected chi connectivity index (χ4v) is 3.43. The first kappa shape index (κ1) is 14.2. The molecule has 0 atom stereocenters. The zero-order valence-electron chi connectivity index (χ0n) is 12.0. The van der Waals surface area contributed by atoms with Crippen LogP contribution in [0.15, 0.2) is 17.6 Å². The summed E-state index contributed by atoms with van der Waals surface area (Å²) in [5.41, 5.74) is 0. The van der Waals surface area contributed by atoms with E-state index in [1.165, 1.54) is 4.88 Å². The van der Waals surface area contributed by atoms with E-state index in [9.17, 15) is 0 Å². The summed E-state index contributed by atoms with van der Waals surface area (Å²) in [4.78, 5) is 15.7. The summed E-state index contributed by atoms with van der Waals surface area (Å²) in [7, 11) is 0. The fraction of sp³-hybridized carbons (Fsp3) is 0.357. The Morgan fingerprint density at radius 3 is 2.90 bits per heavy atom. The van der Waals surface area contributed by atoms with Crippen molar-refractivity contribution >= 4 is 44.7 Å². The number of thiophene rings is 1. The number of nitrogens with zero attached hydrogens (tertiary/aromatic N) is 3. The molecule has 21 heavy (non-hydrogen) atoms. The molecule has 3 aromatic rings. The number of anilines is 2. The van der Waals surface area contributed by atoms with E-state index in [4.69, 9.17) is 0 Å². The quantitative estimate of drug-likeness (QED) is 0.721. The molecule has 0 bridgehead atoms. The topological polar surface area (TPSA) is 62.7 Å². The van der Waals surface area contributed by atoms with Gasteiger partial charge in [0.05, 0.1) is 11.9 Å². The minimum absolute atomic E-state index is 0.686. The lowest BCUT2D eigenvalue weighted by molar-refractivity contribution is 0.956. The maximum Gasteiger partial charge on any atom is 0.226 e. The number of thiazole rings is 1. The first-order valence-electron chi connectivity index (χ1n) is 6.90. The molecule has 0 spiro atoms. The van der Waals surface area contributed by atoms with E-state index in [2.05, 4.69) is 45.5 Å². The highest BCUT2D eigenvalue weighted by molar-refractivity contribution is 7.18. The van der Waals surface area contributed by atoms with Crippen molar-refractivity contribution in [2.24, 2.45) is 0 Å². The zero-order valence-corrected chi connectivity index (χ0v) is 13.6. The molecular formula is C14H17N5S2. The zero-order chi connectivity index (χ0) is 14.7. The summed E-state index contributed by atoms with van der Waals surface area (Å²) in [6.07, 6.45) is 2.87. The molecule has 0 aromatic carbocycles. The van der Waals surface area contributed by atoms with Gasteiger partial charge in [0.2, 0.25) is 5.95 Å². The summed E-state index contributed by atoms with van der Waals surface area (Å²) in [6, 6.07) is 2.13. The smallest absolute Gasteiger partial charge is 0.226 e. The Kier molecular flexibility index (Phi) is 4.31. The van der Waals surface area contributed by atoms with Crippen LogP contribution in [0, 0.1) is 6.92 Å². The van der Waals surface area contributed by atoms with Crippen molar-refractivity contribution in [1.29, 1.82) is 0 Å². The molecule has 3 aromatic heterocycles. The highest BCUT2D eigenvalue weighted by Gasteiger charge is 2.10. The second kappa shape index (κ2) is 6.36. The molecule has 110 valence electrons. The summed E-state index contributed by atoms with van der Waals surface area (Å²) in [5.74, 6) is 1.56. The van der Waals surface area contributed by atoms with E-state index in [-0.39, 0.29) is 0 Å². The Morgan fingerprint density at radius 1 is 1.24 bits per heavy atom. The average Bonchev–Trinajstić information content (AvgIpc) is 3.10. The number of nitrogens with one attached hydrogen (secondary N) is 2. The standard InChI is InChI=1S/C14H17N5S2/c1-3-4-16-14-18-12(17-8-11-15-5-6-20-11)10-7-9(2)21-13(10)19-14/h5-7H,3-4,8H2,1-2H3,(H2,16,17,18,19). The molecule has 5 nitrogen and oxygen atoms in total. The Bertz CT molecular complexity index is 720. The van der Waals surface area contributed by atoms with Crippen molar-refractivity contribution in [3.63, 3.8) is 0 Å². The van der Waals surface area contributed by atoms with E-state index in [1.54, 1.807) is 22.7 Å². The lowest BCUT2D eigenvalue weighted by Crippen LogP contribution is -2.07. The molecule has 0 fully saturated rings. The highest BCUT2D eigenvalue weighted by atomic mass is 32.1. The van der Waals surface area contributed by atoms with Crippen LogP contribution in [0.5, 0.6) is 0 Å². The summed E-state index contributed by atoms with van der Waals surface area (Å²) in [6.45, 7) is 5.78. The number of aryl methyl sites for hydroxylation is 1. The molecule has 0 aliphatic heterocycles. The lowest BCUT2D eigenvalue weighted by atomic mass is 10.3. The van der Waals surface area contributed by atoms with Crippen molar-refractivity contribution in [2.75, 3.05) is 17.2 Å². The number of aromatic nitrogens is 3. The minimum atomic E-state index is 0.686. The maximum atomic E-state index is 4.60. The van der Waals surface area contributed by atoms with Crippen LogP contribution >= 0.6 is 22.7 Å². The monoisotopic (exact) mass is 319 g/mol. The van der Waals surface area contributed by atoms with Crippen LogP contribution in [0.2, 0.25) is 0 Å². The fourth-order valence-electron chi connectivity index (χ4n) is 1.99. The van der Waals surface area contributed by atoms with Gasteiger partial charge in [-0.15, -0.1) is 22.7 Å². The van der Waals surface area contributed by atoms with Crippen LogP contribution in [-0.4, -0.2) is 21.5 Å². The van der Waals surface area contributed by atoms with Gasteiger partial charge in [-0.05, 0) is 19.4 Å². The van der Waals surface area contributed by atoms with E-state index >= 15 is 0 Å². The van der Waals surface area contributed by atoms with Crippen LogP contribution in [0.4, 0.5) is 11.8 Å². The molecule has 0 aliphatic carbocycles. The minimum Gasteiger partial charge on any atom is -0.363 e. The number of hydrogen-bond donors (Lipinski definition) is 2. The Morgan fingerprint density at radius 2 is 2.14 bits per heavy atom. The van der Waals surface area contributed by atoms with Crippen LogP contribution in [0.1, 0.15) is 23.2 Å². The van der Waals surface area contributed by atoms with Gasteiger partial charge in [-0.3, -0.25) is 0 Å². The van der Waals surface area contributed by atoms with Crippen molar-refractivity contribution in [3.8, 4) is 0 Å². The molecule has 0 saturated heterocycles. The SMILES string of the molecule is CCCNc1nc(NCc2nccs2)c2cc(C)sc2n1. The van der Waals surface area contributed by atoms with Gasteiger partial charge < -0.3 is 10.6 Å². The summed E-state index contributed by atoms with van der Waals surface area (Å²) in [5, 5.41) is 10.8. The molecule has 3 rings (SSSR count). The maximum absolute atomic E-state index is 4.60.